The van der Waals surface area contributed by atoms with E-state index >= 15 is 0 Å². The van der Waals surface area contributed by atoms with E-state index in [2.05, 4.69) is 15.9 Å². The number of halogens is 4. The van der Waals surface area contributed by atoms with Crippen molar-refractivity contribution >= 4 is 27.3 Å². The monoisotopic (exact) mass is 399 g/mol. The highest BCUT2D eigenvalue weighted by molar-refractivity contribution is 9.10. The summed E-state index contributed by atoms with van der Waals surface area (Å²) in [4.78, 5) is 0. The summed E-state index contributed by atoms with van der Waals surface area (Å²) >= 11 is 1.58. The molecule has 1 aromatic carbocycles. The number of alkyl halides is 3. The summed E-state index contributed by atoms with van der Waals surface area (Å²) in [7, 11) is 1.64. The molecule has 124 valence electrons. The molecule has 1 aliphatic heterocycles. The van der Waals surface area contributed by atoms with Crippen LogP contribution in [0.15, 0.2) is 16.6 Å². The second kappa shape index (κ2) is 5.89. The van der Waals surface area contributed by atoms with E-state index in [9.17, 15) is 17.7 Å². The number of rotatable bonds is 2. The van der Waals surface area contributed by atoms with Crippen LogP contribution >= 0.6 is 15.9 Å². The van der Waals surface area contributed by atoms with Crippen LogP contribution in [-0.4, -0.2) is 27.3 Å². The number of ether oxygens (including phenoxy) is 1. The fourth-order valence-electron chi connectivity index (χ4n) is 2.28. The number of nitrogens with zero attached hydrogens (tertiary/aromatic N) is 1. The molecule has 0 fully saturated rings. The van der Waals surface area contributed by atoms with E-state index in [0.29, 0.717) is 11.3 Å². The third kappa shape index (κ3) is 3.39. The molecule has 0 saturated heterocycles. The normalized spacial score (nSPS) is 20.0. The Morgan fingerprint density at radius 3 is 2.41 bits per heavy atom. The fraction of sp³-hybridized carbons (Fsp3) is 0.571. The maximum atomic E-state index is 13.0. The van der Waals surface area contributed by atoms with Crippen LogP contribution in [0.4, 0.5) is 13.2 Å². The van der Waals surface area contributed by atoms with Crippen molar-refractivity contribution in [3.8, 4) is 5.75 Å². The molecular weight excluding hydrogens is 383 g/mol. The van der Waals surface area contributed by atoms with E-state index in [4.69, 9.17) is 4.74 Å². The minimum absolute atomic E-state index is 0.0565. The zero-order valence-electron chi connectivity index (χ0n) is 12.6. The van der Waals surface area contributed by atoms with Gasteiger partial charge in [0.1, 0.15) is 23.1 Å². The quantitative estimate of drug-likeness (QED) is 0.695. The molecule has 1 heterocycles. The predicted molar refractivity (Wildman–Crippen MR) is 83.0 cm³/mol. The van der Waals surface area contributed by atoms with Crippen LogP contribution < -0.4 is 4.74 Å². The third-order valence-electron chi connectivity index (χ3n) is 3.38. The smallest absolute Gasteiger partial charge is 0.417 e. The lowest BCUT2D eigenvalue weighted by molar-refractivity contribution is -0.138. The molecule has 1 aliphatic rings. The fourth-order valence-corrected chi connectivity index (χ4v) is 4.10. The summed E-state index contributed by atoms with van der Waals surface area (Å²) < 4.78 is 58.1. The lowest BCUT2D eigenvalue weighted by atomic mass is 10.1. The number of fused-ring (bicyclic) bond motifs is 1. The van der Waals surface area contributed by atoms with Gasteiger partial charge in [0.15, 0.2) is 0 Å². The standard InChI is InChI=1S/C14H17BrF3NO2S/c1-13(2,3)22(20)19(4)11-7-21-12-6-10(15)9(5-8(11)12)14(16,17)18/h5-6,11H,7H2,1-4H3. The maximum absolute atomic E-state index is 13.0. The van der Waals surface area contributed by atoms with Gasteiger partial charge in [0, 0.05) is 28.4 Å². The van der Waals surface area contributed by atoms with Crippen molar-refractivity contribution in [2.45, 2.75) is 37.7 Å². The van der Waals surface area contributed by atoms with Crippen molar-refractivity contribution in [3.63, 3.8) is 0 Å². The summed E-state index contributed by atoms with van der Waals surface area (Å²) in [5.74, 6) is 0.391. The largest absolute Gasteiger partial charge is 0.597 e. The molecule has 0 aromatic heterocycles. The van der Waals surface area contributed by atoms with Crippen molar-refractivity contribution < 1.29 is 22.5 Å². The number of benzene rings is 1. The average Bonchev–Trinajstić information content (AvgIpc) is 2.76. The second-order valence-corrected chi connectivity index (χ2v) is 9.26. The Morgan fingerprint density at radius 2 is 1.91 bits per heavy atom. The van der Waals surface area contributed by atoms with E-state index in [1.54, 1.807) is 11.4 Å². The van der Waals surface area contributed by atoms with Gasteiger partial charge in [-0.15, -0.1) is 4.31 Å². The lowest BCUT2D eigenvalue weighted by Gasteiger charge is -2.33. The van der Waals surface area contributed by atoms with Crippen LogP contribution in [0, 0.1) is 0 Å². The molecular formula is C14H17BrF3NO2S. The Balaban J connectivity index is 2.40. The number of hydrogen-bond acceptors (Lipinski definition) is 3. The van der Waals surface area contributed by atoms with E-state index in [0.717, 1.165) is 6.07 Å². The van der Waals surface area contributed by atoms with E-state index in [1.165, 1.54) is 6.07 Å². The molecule has 0 radical (unpaired) electrons. The third-order valence-corrected chi connectivity index (χ3v) is 5.87. The molecule has 0 spiro atoms. The van der Waals surface area contributed by atoms with Crippen molar-refractivity contribution in [1.82, 2.24) is 4.31 Å². The molecule has 2 rings (SSSR count). The molecule has 1 aromatic rings. The van der Waals surface area contributed by atoms with Gasteiger partial charge >= 0.3 is 6.18 Å². The first-order valence-electron chi connectivity index (χ1n) is 6.61. The zero-order chi connectivity index (χ0) is 16.9. The molecule has 0 bridgehead atoms. The zero-order valence-corrected chi connectivity index (χ0v) is 15.0. The minimum atomic E-state index is -4.46. The molecule has 0 amide bonds. The molecule has 2 unspecified atom stereocenters. The topological polar surface area (TPSA) is 35.5 Å². The summed E-state index contributed by atoms with van der Waals surface area (Å²) in [5.41, 5.74) is -0.340. The van der Waals surface area contributed by atoms with Gasteiger partial charge in [-0.05, 0) is 32.9 Å². The first-order valence-corrected chi connectivity index (χ1v) is 8.51. The highest BCUT2D eigenvalue weighted by atomic mass is 79.9. The van der Waals surface area contributed by atoms with Crippen molar-refractivity contribution in [2.24, 2.45) is 0 Å². The first kappa shape index (κ1) is 17.9. The summed E-state index contributed by atoms with van der Waals surface area (Å²) in [6, 6.07) is 1.93. The van der Waals surface area contributed by atoms with Gasteiger partial charge in [-0.25, -0.2) is 0 Å². The van der Waals surface area contributed by atoms with Crippen LogP contribution in [0.1, 0.15) is 37.9 Å². The minimum Gasteiger partial charge on any atom is -0.597 e. The van der Waals surface area contributed by atoms with Gasteiger partial charge in [-0.2, -0.15) is 13.2 Å². The Morgan fingerprint density at radius 1 is 1.32 bits per heavy atom. The van der Waals surface area contributed by atoms with Crippen LogP contribution in [0.25, 0.3) is 0 Å². The van der Waals surface area contributed by atoms with Crippen molar-refractivity contribution in [3.05, 3.63) is 27.7 Å². The molecule has 0 aliphatic carbocycles. The van der Waals surface area contributed by atoms with Gasteiger partial charge in [-0.1, -0.05) is 15.9 Å². The summed E-state index contributed by atoms with van der Waals surface area (Å²) in [6.07, 6.45) is -4.46. The Kier molecular flexibility index (Phi) is 4.79. The molecule has 3 nitrogen and oxygen atoms in total. The van der Waals surface area contributed by atoms with Crippen molar-refractivity contribution in [2.75, 3.05) is 13.7 Å². The molecule has 22 heavy (non-hydrogen) atoms. The van der Waals surface area contributed by atoms with Crippen LogP contribution in [0.5, 0.6) is 5.75 Å². The molecule has 2 atom stereocenters. The molecule has 0 N–H and O–H groups in total. The van der Waals surface area contributed by atoms with E-state index < -0.39 is 33.9 Å². The Hall–Kier alpha value is -0.440. The van der Waals surface area contributed by atoms with Crippen LogP contribution in [-0.2, 0) is 17.5 Å². The summed E-state index contributed by atoms with van der Waals surface area (Å²) in [5, 5.41) is 0. The average molecular weight is 400 g/mol. The summed E-state index contributed by atoms with van der Waals surface area (Å²) in [6.45, 7) is 5.64. The molecule has 0 saturated carbocycles. The van der Waals surface area contributed by atoms with Gasteiger partial charge in [-0.3, -0.25) is 0 Å². The van der Waals surface area contributed by atoms with Gasteiger partial charge < -0.3 is 9.29 Å². The molecule has 8 heteroatoms. The number of hydrogen-bond donors (Lipinski definition) is 0. The lowest BCUT2D eigenvalue weighted by Crippen LogP contribution is -2.43. The first-order chi connectivity index (χ1) is 9.93. The van der Waals surface area contributed by atoms with E-state index in [-0.39, 0.29) is 11.1 Å². The maximum Gasteiger partial charge on any atom is 0.417 e. The highest BCUT2D eigenvalue weighted by Crippen LogP contribution is 2.45. The second-order valence-electron chi connectivity index (χ2n) is 6.10. The Labute approximate surface area is 139 Å². The van der Waals surface area contributed by atoms with Crippen LogP contribution in [0.2, 0.25) is 0 Å². The van der Waals surface area contributed by atoms with E-state index in [1.807, 2.05) is 20.8 Å². The Bertz CT molecular complexity index is 574. The van der Waals surface area contributed by atoms with Crippen LogP contribution in [0.3, 0.4) is 0 Å². The number of likely N-dealkylation sites (N-methyl/N-ethyl adjacent to an activating group) is 1. The van der Waals surface area contributed by atoms with Gasteiger partial charge in [0.05, 0.1) is 5.56 Å². The predicted octanol–water partition coefficient (Wildman–Crippen LogP) is 4.30. The highest BCUT2D eigenvalue weighted by Gasteiger charge is 2.42. The van der Waals surface area contributed by atoms with Gasteiger partial charge in [0.25, 0.3) is 0 Å². The van der Waals surface area contributed by atoms with Crippen molar-refractivity contribution in [1.29, 1.82) is 0 Å². The SMILES string of the molecule is CN(C1COc2cc(Br)c(C(F)(F)F)cc21)[S+]([O-])C(C)(C)C. The van der Waals surface area contributed by atoms with Gasteiger partial charge in [0.2, 0.25) is 0 Å².